The largest absolute Gasteiger partial charge is 0.352 e. The summed E-state index contributed by atoms with van der Waals surface area (Å²) in [7, 11) is -1.48. The first-order valence-corrected chi connectivity index (χ1v) is 6.72. The molecule has 0 radical (unpaired) electrons. The number of hydrogen-bond donors (Lipinski definition) is 1. The molecule has 86 valence electrons. The minimum Gasteiger partial charge on any atom is -0.352 e. The van der Waals surface area contributed by atoms with Crippen molar-refractivity contribution in [2.45, 2.75) is 23.3 Å². The Bertz CT molecular complexity index is 537. The molecule has 1 saturated carbocycles. The summed E-state index contributed by atoms with van der Waals surface area (Å²) in [5, 5.41) is 0. The van der Waals surface area contributed by atoms with Crippen LogP contribution in [0.5, 0.6) is 0 Å². The monoisotopic (exact) mass is 239 g/mol. The van der Waals surface area contributed by atoms with Crippen LogP contribution >= 0.6 is 0 Å². The second-order valence-corrected chi connectivity index (χ2v) is 6.17. The number of pyridine rings is 1. The van der Waals surface area contributed by atoms with Crippen molar-refractivity contribution < 1.29 is 8.42 Å². The lowest BCUT2D eigenvalue weighted by Gasteiger charge is -2.26. The molecular weight excluding hydrogens is 226 g/mol. The molecule has 1 spiro atoms. The van der Waals surface area contributed by atoms with Gasteiger partial charge in [0.1, 0.15) is 10.7 Å². The van der Waals surface area contributed by atoms with E-state index in [0.717, 1.165) is 12.8 Å². The Labute approximate surface area is 94.5 Å². The molecule has 0 amide bonds. The fourth-order valence-electron chi connectivity index (χ4n) is 2.15. The number of likely N-dealkylation sites (N-methyl/N-ethyl adjacent to an activating group) is 1. The first-order chi connectivity index (χ1) is 7.55. The topological polar surface area (TPSA) is 62.3 Å². The first kappa shape index (κ1) is 10.0. The van der Waals surface area contributed by atoms with Gasteiger partial charge in [-0.15, -0.1) is 0 Å². The zero-order valence-electron chi connectivity index (χ0n) is 8.97. The van der Waals surface area contributed by atoms with Gasteiger partial charge in [0.15, 0.2) is 0 Å². The molecule has 0 bridgehead atoms. The van der Waals surface area contributed by atoms with Gasteiger partial charge in [-0.1, -0.05) is 0 Å². The minimum absolute atomic E-state index is 0.0489. The fraction of sp³-hybridized carbons (Fsp3) is 0.500. The van der Waals surface area contributed by atoms with Gasteiger partial charge in [0.05, 0.1) is 5.54 Å². The van der Waals surface area contributed by atoms with E-state index in [1.165, 1.54) is 0 Å². The summed E-state index contributed by atoms with van der Waals surface area (Å²) < 4.78 is 26.6. The standard InChI is InChI=1S/C10H13N3O2S/c1-13-9-8(3-2-6-11-9)16(14,15)12-7-10(13)4-5-10/h2-3,6,12H,4-5,7H2,1H3. The molecule has 0 unspecified atom stereocenters. The van der Waals surface area contributed by atoms with Crippen molar-refractivity contribution >= 4 is 15.8 Å². The Morgan fingerprint density at radius 3 is 2.94 bits per heavy atom. The molecule has 16 heavy (non-hydrogen) atoms. The third kappa shape index (κ3) is 1.26. The Balaban J connectivity index is 2.23. The lowest BCUT2D eigenvalue weighted by Crippen LogP contribution is -2.41. The predicted octanol–water partition coefficient (Wildman–Crippen LogP) is 0.342. The second-order valence-electron chi connectivity index (χ2n) is 4.43. The first-order valence-electron chi connectivity index (χ1n) is 5.24. The zero-order valence-corrected chi connectivity index (χ0v) is 9.79. The predicted molar refractivity (Wildman–Crippen MR) is 59.8 cm³/mol. The van der Waals surface area contributed by atoms with Gasteiger partial charge in [-0.3, -0.25) is 0 Å². The van der Waals surface area contributed by atoms with Gasteiger partial charge in [-0.2, -0.15) is 0 Å². The maximum atomic E-state index is 12.0. The van der Waals surface area contributed by atoms with Crippen LogP contribution in [0.25, 0.3) is 0 Å². The van der Waals surface area contributed by atoms with E-state index < -0.39 is 10.0 Å². The van der Waals surface area contributed by atoms with Crippen molar-refractivity contribution in [1.29, 1.82) is 0 Å². The van der Waals surface area contributed by atoms with Crippen LogP contribution in [-0.4, -0.2) is 32.5 Å². The highest BCUT2D eigenvalue weighted by atomic mass is 32.2. The molecule has 0 aromatic carbocycles. The van der Waals surface area contributed by atoms with Crippen LogP contribution < -0.4 is 9.62 Å². The molecule has 1 N–H and O–H groups in total. The van der Waals surface area contributed by atoms with Gasteiger partial charge in [-0.05, 0) is 25.0 Å². The van der Waals surface area contributed by atoms with Crippen molar-refractivity contribution in [2.24, 2.45) is 0 Å². The number of rotatable bonds is 0. The van der Waals surface area contributed by atoms with Crippen LogP contribution in [-0.2, 0) is 10.0 Å². The highest BCUT2D eigenvalue weighted by Crippen LogP contribution is 2.45. The Kier molecular flexibility index (Phi) is 1.85. The van der Waals surface area contributed by atoms with Crippen LogP contribution in [0.1, 0.15) is 12.8 Å². The molecule has 2 heterocycles. The van der Waals surface area contributed by atoms with E-state index in [1.807, 2.05) is 11.9 Å². The van der Waals surface area contributed by atoms with E-state index in [2.05, 4.69) is 9.71 Å². The van der Waals surface area contributed by atoms with E-state index in [-0.39, 0.29) is 10.4 Å². The van der Waals surface area contributed by atoms with Crippen LogP contribution in [0.15, 0.2) is 23.2 Å². The number of hydrogen-bond acceptors (Lipinski definition) is 4. The summed E-state index contributed by atoms with van der Waals surface area (Å²) in [5.74, 6) is 0.560. The summed E-state index contributed by atoms with van der Waals surface area (Å²) in [4.78, 5) is 6.48. The minimum atomic E-state index is -3.40. The molecule has 1 aromatic heterocycles. The summed E-state index contributed by atoms with van der Waals surface area (Å²) in [6.45, 7) is 0.474. The molecule has 2 aliphatic rings. The van der Waals surface area contributed by atoms with Crippen molar-refractivity contribution in [3.8, 4) is 0 Å². The lowest BCUT2D eigenvalue weighted by molar-refractivity contribution is 0.567. The van der Waals surface area contributed by atoms with Crippen LogP contribution in [0.3, 0.4) is 0 Å². The van der Waals surface area contributed by atoms with Gasteiger partial charge >= 0.3 is 0 Å². The van der Waals surface area contributed by atoms with E-state index in [4.69, 9.17) is 0 Å². The van der Waals surface area contributed by atoms with Gasteiger partial charge in [-0.25, -0.2) is 18.1 Å². The molecule has 3 rings (SSSR count). The maximum absolute atomic E-state index is 12.0. The molecule has 1 aliphatic carbocycles. The molecule has 1 aliphatic heterocycles. The Morgan fingerprint density at radius 1 is 1.50 bits per heavy atom. The Hall–Kier alpha value is -1.14. The van der Waals surface area contributed by atoms with Crippen LogP contribution in [0.2, 0.25) is 0 Å². The number of sulfonamides is 1. The van der Waals surface area contributed by atoms with E-state index in [9.17, 15) is 8.42 Å². The molecule has 6 heteroatoms. The third-order valence-electron chi connectivity index (χ3n) is 3.49. The Morgan fingerprint density at radius 2 is 2.25 bits per heavy atom. The molecular formula is C10H13N3O2S. The van der Waals surface area contributed by atoms with Crippen molar-refractivity contribution in [3.63, 3.8) is 0 Å². The quantitative estimate of drug-likeness (QED) is 0.709. The highest BCUT2D eigenvalue weighted by Gasteiger charge is 2.50. The number of fused-ring (bicyclic) bond motifs is 1. The van der Waals surface area contributed by atoms with Crippen LogP contribution in [0, 0.1) is 0 Å². The van der Waals surface area contributed by atoms with Gasteiger partial charge < -0.3 is 4.90 Å². The second kappa shape index (κ2) is 2.95. The molecule has 1 fully saturated rings. The molecule has 1 aromatic rings. The summed E-state index contributed by atoms with van der Waals surface area (Å²) in [5.41, 5.74) is -0.0489. The molecule has 0 atom stereocenters. The average Bonchev–Trinajstić information content (AvgIpc) is 3.06. The SMILES string of the molecule is CN1c2ncccc2S(=O)(=O)NCC12CC2. The number of aromatic nitrogens is 1. The maximum Gasteiger partial charge on any atom is 0.244 e. The normalized spacial score (nSPS) is 24.9. The van der Waals surface area contributed by atoms with Crippen molar-refractivity contribution in [2.75, 3.05) is 18.5 Å². The summed E-state index contributed by atoms with van der Waals surface area (Å²) in [6, 6.07) is 3.25. The van der Waals surface area contributed by atoms with Gasteiger partial charge in [0, 0.05) is 19.8 Å². The fourth-order valence-corrected chi connectivity index (χ4v) is 3.45. The molecule has 5 nitrogen and oxygen atoms in total. The van der Waals surface area contributed by atoms with Crippen LogP contribution in [0.4, 0.5) is 5.82 Å². The highest BCUT2D eigenvalue weighted by molar-refractivity contribution is 7.89. The van der Waals surface area contributed by atoms with E-state index in [1.54, 1.807) is 18.3 Å². The van der Waals surface area contributed by atoms with E-state index in [0.29, 0.717) is 12.4 Å². The molecule has 0 saturated heterocycles. The zero-order chi connectivity index (χ0) is 11.4. The average molecular weight is 239 g/mol. The van der Waals surface area contributed by atoms with E-state index >= 15 is 0 Å². The number of nitrogens with one attached hydrogen (secondary N) is 1. The lowest BCUT2D eigenvalue weighted by atomic mass is 10.2. The number of nitrogens with zero attached hydrogens (tertiary/aromatic N) is 2. The number of anilines is 1. The van der Waals surface area contributed by atoms with Gasteiger partial charge in [0.2, 0.25) is 10.0 Å². The summed E-state index contributed by atoms with van der Waals surface area (Å²) in [6.07, 6.45) is 3.66. The summed E-state index contributed by atoms with van der Waals surface area (Å²) >= 11 is 0. The van der Waals surface area contributed by atoms with Crippen molar-refractivity contribution in [3.05, 3.63) is 18.3 Å². The third-order valence-corrected chi connectivity index (χ3v) is 4.91. The van der Waals surface area contributed by atoms with Crippen molar-refractivity contribution in [1.82, 2.24) is 9.71 Å². The van der Waals surface area contributed by atoms with Gasteiger partial charge in [0.25, 0.3) is 0 Å². The smallest absolute Gasteiger partial charge is 0.244 e.